The monoisotopic (exact) mass is 310 g/mol. The lowest BCUT2D eigenvalue weighted by Gasteiger charge is -2.08. The fourth-order valence-corrected chi connectivity index (χ4v) is 1.60. The van der Waals surface area contributed by atoms with Gasteiger partial charge in [0.05, 0.1) is 20.8 Å². The summed E-state index contributed by atoms with van der Waals surface area (Å²) in [5.74, 6) is -2.71. The van der Waals surface area contributed by atoms with Crippen LogP contribution in [-0.2, 0) is 6.54 Å². The Morgan fingerprint density at radius 2 is 1.64 bits per heavy atom. The molecule has 0 aliphatic heterocycles. The van der Waals surface area contributed by atoms with Gasteiger partial charge in [0, 0.05) is 0 Å². The molecule has 9 heteroatoms. The van der Waals surface area contributed by atoms with Crippen molar-refractivity contribution >= 4 is 5.91 Å². The molecule has 2 rings (SSSR count). The minimum atomic E-state index is -0.955. The van der Waals surface area contributed by atoms with Gasteiger partial charge in [-0.2, -0.15) is 9.97 Å². The predicted octanol–water partition coefficient (Wildman–Crippen LogP) is 1.10. The normalized spacial score (nSPS) is 10.2. The molecule has 0 radical (unpaired) electrons. The van der Waals surface area contributed by atoms with Crippen LogP contribution in [-0.4, -0.2) is 35.1 Å². The highest BCUT2D eigenvalue weighted by Gasteiger charge is 2.17. The summed E-state index contributed by atoms with van der Waals surface area (Å²) in [5.41, 5.74) is -0.671. The first kappa shape index (κ1) is 15.5. The van der Waals surface area contributed by atoms with Crippen LogP contribution in [0, 0.1) is 11.6 Å². The molecule has 1 aromatic carbocycles. The molecule has 0 unspecified atom stereocenters. The lowest BCUT2D eigenvalue weighted by Crippen LogP contribution is -2.26. The van der Waals surface area contributed by atoms with Gasteiger partial charge in [-0.1, -0.05) is 6.07 Å². The first-order valence-electron chi connectivity index (χ1n) is 6.10. The van der Waals surface area contributed by atoms with E-state index >= 15 is 0 Å². The number of aromatic nitrogens is 3. The van der Waals surface area contributed by atoms with Gasteiger partial charge < -0.3 is 14.8 Å². The molecule has 0 bridgehead atoms. The topological polar surface area (TPSA) is 86.2 Å². The fourth-order valence-electron chi connectivity index (χ4n) is 1.60. The number of hydrogen-bond donors (Lipinski definition) is 1. The number of nitrogens with zero attached hydrogens (tertiary/aromatic N) is 3. The van der Waals surface area contributed by atoms with E-state index < -0.39 is 23.1 Å². The van der Waals surface area contributed by atoms with E-state index in [0.29, 0.717) is 0 Å². The van der Waals surface area contributed by atoms with Crippen LogP contribution in [0.15, 0.2) is 18.2 Å². The lowest BCUT2D eigenvalue weighted by molar-refractivity contribution is 0.0941. The fraction of sp³-hybridized carbons (Fsp3) is 0.231. The quantitative estimate of drug-likeness (QED) is 0.890. The number of amides is 1. The maximum Gasteiger partial charge on any atom is 0.322 e. The van der Waals surface area contributed by atoms with E-state index in [1.807, 2.05) is 0 Å². The summed E-state index contributed by atoms with van der Waals surface area (Å²) < 4.78 is 36.7. The van der Waals surface area contributed by atoms with Crippen LogP contribution in [0.25, 0.3) is 0 Å². The molecule has 0 atom stereocenters. The second-order valence-electron chi connectivity index (χ2n) is 4.00. The van der Waals surface area contributed by atoms with E-state index in [4.69, 9.17) is 9.47 Å². The number of ether oxygens (including phenoxy) is 2. The van der Waals surface area contributed by atoms with Crippen molar-refractivity contribution in [1.29, 1.82) is 0 Å². The molecule has 0 aliphatic rings. The van der Waals surface area contributed by atoms with E-state index in [-0.39, 0.29) is 24.4 Å². The number of hydrogen-bond acceptors (Lipinski definition) is 6. The Morgan fingerprint density at radius 1 is 1.09 bits per heavy atom. The summed E-state index contributed by atoms with van der Waals surface area (Å²) in [4.78, 5) is 23.4. The highest BCUT2D eigenvalue weighted by Crippen LogP contribution is 2.12. The summed E-state index contributed by atoms with van der Waals surface area (Å²) in [6, 6.07) is 3.14. The number of methoxy groups -OCH3 is 2. The van der Waals surface area contributed by atoms with Gasteiger partial charge in [-0.05, 0) is 12.1 Å². The summed E-state index contributed by atoms with van der Waals surface area (Å²) in [5, 5.41) is 2.32. The lowest BCUT2D eigenvalue weighted by atomic mass is 10.2. The molecule has 22 heavy (non-hydrogen) atoms. The molecule has 0 saturated carbocycles. The Balaban J connectivity index is 2.14. The number of carbonyl (C=O) groups excluding carboxylic acids is 1. The highest BCUT2D eigenvalue weighted by molar-refractivity contribution is 5.94. The van der Waals surface area contributed by atoms with Gasteiger partial charge in [-0.3, -0.25) is 4.79 Å². The average molecular weight is 310 g/mol. The molecule has 0 fully saturated rings. The van der Waals surface area contributed by atoms with Crippen LogP contribution >= 0.6 is 0 Å². The van der Waals surface area contributed by atoms with Crippen molar-refractivity contribution in [2.45, 2.75) is 6.54 Å². The zero-order chi connectivity index (χ0) is 16.1. The molecule has 1 heterocycles. The van der Waals surface area contributed by atoms with Gasteiger partial charge in [0.15, 0.2) is 5.82 Å². The standard InChI is InChI=1S/C13H12F2N4O3/c1-21-12-17-9(18-13(19-12)22-2)6-16-11(20)10-7(14)4-3-5-8(10)15/h3-5H,6H2,1-2H3,(H,16,20). The van der Waals surface area contributed by atoms with Crippen molar-refractivity contribution in [2.24, 2.45) is 0 Å². The first-order chi connectivity index (χ1) is 10.5. The Bertz CT molecular complexity index is 654. The Labute approximate surface area is 124 Å². The van der Waals surface area contributed by atoms with Crippen LogP contribution in [0.4, 0.5) is 8.78 Å². The maximum absolute atomic E-state index is 13.5. The van der Waals surface area contributed by atoms with E-state index in [1.165, 1.54) is 20.3 Å². The number of benzene rings is 1. The molecule has 0 spiro atoms. The van der Waals surface area contributed by atoms with Gasteiger partial charge in [0.25, 0.3) is 5.91 Å². The minimum absolute atomic E-state index is 0.00632. The van der Waals surface area contributed by atoms with Crippen LogP contribution in [0.5, 0.6) is 12.0 Å². The third-order valence-electron chi connectivity index (χ3n) is 2.60. The van der Waals surface area contributed by atoms with Gasteiger partial charge in [-0.15, -0.1) is 4.98 Å². The zero-order valence-electron chi connectivity index (χ0n) is 11.8. The number of rotatable bonds is 5. The second-order valence-corrected chi connectivity index (χ2v) is 4.00. The summed E-state index contributed by atoms with van der Waals surface area (Å²) in [6.07, 6.45) is 0. The molecule has 1 N–H and O–H groups in total. The van der Waals surface area contributed by atoms with Gasteiger partial charge >= 0.3 is 12.0 Å². The molecule has 1 amide bonds. The van der Waals surface area contributed by atoms with Crippen molar-refractivity contribution in [2.75, 3.05) is 14.2 Å². The summed E-state index contributed by atoms with van der Waals surface area (Å²) >= 11 is 0. The number of carbonyl (C=O) groups is 1. The van der Waals surface area contributed by atoms with Crippen molar-refractivity contribution in [1.82, 2.24) is 20.3 Å². The Kier molecular flexibility index (Phi) is 4.77. The van der Waals surface area contributed by atoms with Crippen molar-refractivity contribution in [3.8, 4) is 12.0 Å². The smallest absolute Gasteiger partial charge is 0.322 e. The largest absolute Gasteiger partial charge is 0.467 e. The third-order valence-corrected chi connectivity index (χ3v) is 2.60. The van der Waals surface area contributed by atoms with Gasteiger partial charge in [0.1, 0.15) is 17.2 Å². The number of halogens is 2. The van der Waals surface area contributed by atoms with Crippen molar-refractivity contribution in [3.05, 3.63) is 41.2 Å². The van der Waals surface area contributed by atoms with Crippen LogP contribution in [0.1, 0.15) is 16.2 Å². The number of nitrogens with one attached hydrogen (secondary N) is 1. The molecular weight excluding hydrogens is 298 g/mol. The molecule has 0 aliphatic carbocycles. The van der Waals surface area contributed by atoms with Gasteiger partial charge in [-0.25, -0.2) is 8.78 Å². The summed E-state index contributed by atoms with van der Waals surface area (Å²) in [7, 11) is 2.71. The molecule has 0 saturated heterocycles. The highest BCUT2D eigenvalue weighted by atomic mass is 19.1. The van der Waals surface area contributed by atoms with E-state index in [9.17, 15) is 13.6 Å². The van der Waals surface area contributed by atoms with Crippen LogP contribution in [0.2, 0.25) is 0 Å². The summed E-state index contributed by atoms with van der Waals surface area (Å²) in [6.45, 7) is -0.179. The SMILES string of the molecule is COc1nc(CNC(=O)c2c(F)cccc2F)nc(OC)n1. The van der Waals surface area contributed by atoms with E-state index in [1.54, 1.807) is 0 Å². The molecular formula is C13H12F2N4O3. The maximum atomic E-state index is 13.5. The van der Waals surface area contributed by atoms with E-state index in [2.05, 4.69) is 20.3 Å². The second kappa shape index (κ2) is 6.74. The zero-order valence-corrected chi connectivity index (χ0v) is 11.8. The van der Waals surface area contributed by atoms with E-state index in [0.717, 1.165) is 12.1 Å². The predicted molar refractivity (Wildman–Crippen MR) is 70.5 cm³/mol. The van der Waals surface area contributed by atoms with Gasteiger partial charge in [0.2, 0.25) is 0 Å². The third kappa shape index (κ3) is 3.43. The van der Waals surface area contributed by atoms with Crippen LogP contribution in [0.3, 0.4) is 0 Å². The molecule has 1 aromatic heterocycles. The minimum Gasteiger partial charge on any atom is -0.467 e. The first-order valence-corrected chi connectivity index (χ1v) is 6.10. The van der Waals surface area contributed by atoms with Crippen molar-refractivity contribution < 1.29 is 23.0 Å². The Morgan fingerprint density at radius 3 is 2.14 bits per heavy atom. The molecule has 7 nitrogen and oxygen atoms in total. The molecule has 116 valence electrons. The van der Waals surface area contributed by atoms with Crippen LogP contribution < -0.4 is 14.8 Å². The van der Waals surface area contributed by atoms with Crippen molar-refractivity contribution in [3.63, 3.8) is 0 Å². The average Bonchev–Trinajstić information content (AvgIpc) is 2.52. The Hall–Kier alpha value is -2.84. The molecule has 2 aromatic rings.